The normalized spacial score (nSPS) is 21.3. The molecule has 8 heteroatoms. The summed E-state index contributed by atoms with van der Waals surface area (Å²) >= 11 is 0. The van der Waals surface area contributed by atoms with Crippen LogP contribution in [0.25, 0.3) is 5.69 Å². The van der Waals surface area contributed by atoms with E-state index in [1.165, 1.54) is 40.0 Å². The summed E-state index contributed by atoms with van der Waals surface area (Å²) in [5.41, 5.74) is 0.605. The van der Waals surface area contributed by atoms with Gasteiger partial charge in [0.05, 0.1) is 31.1 Å². The van der Waals surface area contributed by atoms with Crippen molar-refractivity contribution in [2.75, 3.05) is 13.2 Å². The number of amides is 1. The Labute approximate surface area is 125 Å². The number of alkyl halides is 1. The van der Waals surface area contributed by atoms with Gasteiger partial charge in [0.15, 0.2) is 5.69 Å². The molecule has 2 atom stereocenters. The van der Waals surface area contributed by atoms with Crippen molar-refractivity contribution in [1.82, 2.24) is 19.9 Å². The van der Waals surface area contributed by atoms with Crippen molar-refractivity contribution in [3.05, 3.63) is 42.0 Å². The number of aliphatic hydroxyl groups is 1. The highest BCUT2D eigenvalue weighted by atomic mass is 19.1. The van der Waals surface area contributed by atoms with E-state index in [2.05, 4.69) is 10.3 Å². The number of carbonyl (C=O) groups excluding carboxylic acids is 1. The van der Waals surface area contributed by atoms with Crippen molar-refractivity contribution in [1.29, 1.82) is 0 Å². The zero-order chi connectivity index (χ0) is 15.7. The Kier molecular flexibility index (Phi) is 3.84. The lowest BCUT2D eigenvalue weighted by Gasteiger charge is -2.21. The van der Waals surface area contributed by atoms with Crippen LogP contribution in [0.3, 0.4) is 0 Å². The average molecular weight is 308 g/mol. The first-order valence-corrected chi connectivity index (χ1v) is 6.82. The first-order valence-electron chi connectivity index (χ1n) is 6.82. The van der Waals surface area contributed by atoms with Gasteiger partial charge >= 0.3 is 0 Å². The number of nitrogens with zero attached hydrogens (tertiary/aromatic N) is 4. The van der Waals surface area contributed by atoms with E-state index in [-0.39, 0.29) is 31.1 Å². The van der Waals surface area contributed by atoms with Crippen LogP contribution < -0.4 is 0 Å². The Morgan fingerprint density at radius 2 is 2.09 bits per heavy atom. The van der Waals surface area contributed by atoms with Crippen LogP contribution in [0.5, 0.6) is 0 Å². The van der Waals surface area contributed by atoms with Crippen LogP contribution in [0.1, 0.15) is 16.9 Å². The van der Waals surface area contributed by atoms with Crippen LogP contribution >= 0.6 is 0 Å². The number of halogens is 2. The first kappa shape index (κ1) is 14.6. The minimum atomic E-state index is -1.15. The third-order valence-electron chi connectivity index (χ3n) is 3.64. The molecule has 1 amide bonds. The molecule has 0 saturated carbocycles. The Bertz CT molecular complexity index is 674. The first-order chi connectivity index (χ1) is 10.6. The predicted molar refractivity (Wildman–Crippen MR) is 72.7 cm³/mol. The number of hydrogen-bond donors (Lipinski definition) is 1. The molecule has 1 aliphatic heterocycles. The molecule has 1 N–H and O–H groups in total. The fraction of sp³-hybridized carbons (Fsp3) is 0.357. The van der Waals surface area contributed by atoms with Gasteiger partial charge in [-0.1, -0.05) is 5.21 Å². The molecule has 6 nitrogen and oxygen atoms in total. The van der Waals surface area contributed by atoms with Crippen molar-refractivity contribution in [3.8, 4) is 5.69 Å². The number of aliphatic hydroxyl groups excluding tert-OH is 1. The van der Waals surface area contributed by atoms with E-state index in [4.69, 9.17) is 0 Å². The highest BCUT2D eigenvalue weighted by Gasteiger charge is 2.36. The summed E-state index contributed by atoms with van der Waals surface area (Å²) in [6.45, 7) is -0.355. The topological polar surface area (TPSA) is 71.2 Å². The molecule has 1 saturated heterocycles. The van der Waals surface area contributed by atoms with Gasteiger partial charge in [-0.2, -0.15) is 0 Å². The second-order valence-electron chi connectivity index (χ2n) is 5.15. The Hall–Kier alpha value is -2.35. The minimum absolute atomic E-state index is 0.0527. The molecule has 3 rings (SSSR count). The number of likely N-dealkylation sites (tertiary alicyclic amines) is 1. The Balaban J connectivity index is 1.81. The smallest absolute Gasteiger partial charge is 0.276 e. The van der Waals surface area contributed by atoms with Crippen molar-refractivity contribution in [2.45, 2.75) is 18.6 Å². The van der Waals surface area contributed by atoms with Gasteiger partial charge in [-0.3, -0.25) is 4.79 Å². The molecule has 0 aliphatic carbocycles. The summed E-state index contributed by atoms with van der Waals surface area (Å²) in [7, 11) is 0. The maximum absolute atomic E-state index is 13.4. The third kappa shape index (κ3) is 2.69. The summed E-state index contributed by atoms with van der Waals surface area (Å²) in [6, 6.07) is 5.01. The van der Waals surface area contributed by atoms with Gasteiger partial charge in [-0.25, -0.2) is 13.5 Å². The molecular formula is C14H14F2N4O2. The van der Waals surface area contributed by atoms with Crippen LogP contribution in [0.15, 0.2) is 30.5 Å². The van der Waals surface area contributed by atoms with Crippen LogP contribution in [-0.4, -0.2) is 56.3 Å². The summed E-state index contributed by atoms with van der Waals surface area (Å²) in [5, 5.41) is 16.8. The fourth-order valence-electron chi connectivity index (χ4n) is 2.51. The van der Waals surface area contributed by atoms with Gasteiger partial charge in [0.25, 0.3) is 5.91 Å². The average Bonchev–Trinajstić information content (AvgIpc) is 3.14. The van der Waals surface area contributed by atoms with E-state index in [1.807, 2.05) is 0 Å². The summed E-state index contributed by atoms with van der Waals surface area (Å²) in [6.07, 6.45) is 0.373. The van der Waals surface area contributed by atoms with Crippen LogP contribution in [0, 0.1) is 5.82 Å². The van der Waals surface area contributed by atoms with Crippen molar-refractivity contribution in [2.24, 2.45) is 0 Å². The molecule has 1 aliphatic rings. The molecule has 2 heterocycles. The van der Waals surface area contributed by atoms with Crippen LogP contribution in [0.4, 0.5) is 8.78 Å². The molecule has 0 radical (unpaired) electrons. The molecule has 1 aromatic heterocycles. The zero-order valence-corrected chi connectivity index (χ0v) is 11.6. The monoisotopic (exact) mass is 308 g/mol. The fourth-order valence-corrected chi connectivity index (χ4v) is 2.51. The number of carbonyl (C=O) groups is 1. The molecule has 22 heavy (non-hydrogen) atoms. The molecule has 0 bridgehead atoms. The third-order valence-corrected chi connectivity index (χ3v) is 3.64. The van der Waals surface area contributed by atoms with E-state index in [0.29, 0.717) is 5.69 Å². The number of benzene rings is 1. The van der Waals surface area contributed by atoms with Gasteiger partial charge < -0.3 is 10.0 Å². The second-order valence-corrected chi connectivity index (χ2v) is 5.15. The molecule has 2 aromatic rings. The quantitative estimate of drug-likeness (QED) is 0.916. The highest BCUT2D eigenvalue weighted by molar-refractivity contribution is 5.92. The van der Waals surface area contributed by atoms with E-state index in [1.54, 1.807) is 0 Å². The number of rotatable bonds is 3. The maximum Gasteiger partial charge on any atom is 0.276 e. The summed E-state index contributed by atoms with van der Waals surface area (Å²) in [4.78, 5) is 13.6. The van der Waals surface area contributed by atoms with Gasteiger partial charge in [-0.05, 0) is 24.3 Å². The van der Waals surface area contributed by atoms with Gasteiger partial charge in [-0.15, -0.1) is 5.10 Å². The SMILES string of the molecule is O=C(c1cn(-c2ccc(F)cc2)nn1)N1C[C@@H](F)C[C@H]1CO. The van der Waals surface area contributed by atoms with Crippen molar-refractivity contribution < 1.29 is 18.7 Å². The largest absolute Gasteiger partial charge is 0.394 e. The highest BCUT2D eigenvalue weighted by Crippen LogP contribution is 2.22. The molecule has 0 unspecified atom stereocenters. The van der Waals surface area contributed by atoms with Crippen molar-refractivity contribution >= 4 is 5.91 Å². The van der Waals surface area contributed by atoms with Crippen LogP contribution in [-0.2, 0) is 0 Å². The standard InChI is InChI=1S/C14H14F2N4O2/c15-9-1-3-11(4-2-9)20-7-13(17-18-20)14(22)19-6-10(16)5-12(19)8-21/h1-4,7,10,12,21H,5-6,8H2/t10-,12-/m0/s1. The van der Waals surface area contributed by atoms with Crippen LogP contribution in [0.2, 0.25) is 0 Å². The molecule has 116 valence electrons. The maximum atomic E-state index is 13.4. The van der Waals surface area contributed by atoms with E-state index < -0.39 is 18.1 Å². The van der Waals surface area contributed by atoms with Gasteiger partial charge in [0.2, 0.25) is 0 Å². The molecule has 1 fully saturated rings. The zero-order valence-electron chi connectivity index (χ0n) is 11.6. The van der Waals surface area contributed by atoms with E-state index in [0.717, 1.165) is 0 Å². The van der Waals surface area contributed by atoms with Crippen molar-refractivity contribution in [3.63, 3.8) is 0 Å². The molecular weight excluding hydrogens is 294 g/mol. The van der Waals surface area contributed by atoms with Gasteiger partial charge in [0.1, 0.15) is 12.0 Å². The minimum Gasteiger partial charge on any atom is -0.394 e. The Morgan fingerprint density at radius 1 is 1.36 bits per heavy atom. The lowest BCUT2D eigenvalue weighted by atomic mass is 10.2. The predicted octanol–water partition coefficient (Wildman–Crippen LogP) is 0.951. The lowest BCUT2D eigenvalue weighted by Crippen LogP contribution is -2.38. The molecule has 0 spiro atoms. The summed E-state index contributed by atoms with van der Waals surface area (Å²) < 4.78 is 27.6. The Morgan fingerprint density at radius 3 is 2.77 bits per heavy atom. The van der Waals surface area contributed by atoms with Gasteiger partial charge in [0, 0.05) is 6.42 Å². The summed E-state index contributed by atoms with van der Waals surface area (Å²) in [5.74, 6) is -0.857. The second kappa shape index (κ2) is 5.80. The molecule has 1 aromatic carbocycles. The number of aromatic nitrogens is 3. The lowest BCUT2D eigenvalue weighted by molar-refractivity contribution is 0.0667. The van der Waals surface area contributed by atoms with E-state index in [9.17, 15) is 18.7 Å². The number of hydrogen-bond acceptors (Lipinski definition) is 4. The van der Waals surface area contributed by atoms with E-state index >= 15 is 0 Å².